The van der Waals surface area contributed by atoms with Gasteiger partial charge in [-0.15, -0.1) is 0 Å². The zero-order chi connectivity index (χ0) is 16.3. The summed E-state index contributed by atoms with van der Waals surface area (Å²) < 4.78 is 42.5. The highest BCUT2D eigenvalue weighted by Gasteiger charge is 2.30. The van der Waals surface area contributed by atoms with Crippen molar-refractivity contribution in [2.45, 2.75) is 6.18 Å². The molecule has 2 rings (SSSR count). The average molecular weight is 349 g/mol. The van der Waals surface area contributed by atoms with Crippen LogP contribution in [0.2, 0.25) is 10.0 Å². The van der Waals surface area contributed by atoms with Crippen LogP contribution in [-0.4, -0.2) is 11.1 Å². The highest BCUT2D eigenvalue weighted by molar-refractivity contribution is 6.37. The van der Waals surface area contributed by atoms with Gasteiger partial charge in [0.25, 0.3) is 0 Å². The van der Waals surface area contributed by atoms with E-state index in [-0.39, 0.29) is 27.4 Å². The second-order valence-corrected chi connectivity index (χ2v) is 4.74. The van der Waals surface area contributed by atoms with Gasteiger partial charge >= 0.3 is 6.18 Å². The number of pyridine rings is 1. The summed E-state index contributed by atoms with van der Waals surface area (Å²) in [7, 11) is 0. The Bertz CT molecular complexity index is 719. The van der Waals surface area contributed by atoms with E-state index >= 15 is 0 Å². The van der Waals surface area contributed by atoms with Gasteiger partial charge in [-0.1, -0.05) is 23.2 Å². The number of hydrogen-bond acceptors (Lipinski definition) is 4. The summed E-state index contributed by atoms with van der Waals surface area (Å²) in [5.74, 6) is -0.135. The molecular formula is C13H5Cl2F3N2O2. The van der Waals surface area contributed by atoms with Crippen molar-refractivity contribution >= 4 is 35.0 Å². The highest BCUT2D eigenvalue weighted by atomic mass is 35.5. The molecule has 1 heterocycles. The van der Waals surface area contributed by atoms with Gasteiger partial charge in [0.15, 0.2) is 5.75 Å². The lowest BCUT2D eigenvalue weighted by molar-refractivity contribution is -0.137. The first-order chi connectivity index (χ1) is 10.3. The molecule has 0 saturated carbocycles. The summed E-state index contributed by atoms with van der Waals surface area (Å²) in [4.78, 5) is 17.1. The number of aliphatic imine (C=N–C) groups is 1. The predicted molar refractivity (Wildman–Crippen MR) is 73.6 cm³/mol. The van der Waals surface area contributed by atoms with E-state index in [4.69, 9.17) is 27.9 Å². The van der Waals surface area contributed by atoms with Crippen LogP contribution in [-0.2, 0) is 11.0 Å². The van der Waals surface area contributed by atoms with Gasteiger partial charge in [-0.3, -0.25) is 0 Å². The van der Waals surface area contributed by atoms with Gasteiger partial charge in [0.05, 0.1) is 21.3 Å². The molecule has 0 aliphatic carbocycles. The summed E-state index contributed by atoms with van der Waals surface area (Å²) in [5.41, 5.74) is -0.745. The van der Waals surface area contributed by atoms with E-state index in [0.29, 0.717) is 6.20 Å². The van der Waals surface area contributed by atoms with E-state index in [1.807, 2.05) is 0 Å². The largest absolute Gasteiger partial charge is 0.436 e. The van der Waals surface area contributed by atoms with Crippen LogP contribution in [0.4, 0.5) is 18.9 Å². The minimum absolute atomic E-state index is 0.0135. The van der Waals surface area contributed by atoms with E-state index in [0.717, 1.165) is 12.1 Å². The van der Waals surface area contributed by atoms with Crippen LogP contribution >= 0.6 is 23.2 Å². The van der Waals surface area contributed by atoms with Gasteiger partial charge in [-0.05, 0) is 18.2 Å². The summed E-state index contributed by atoms with van der Waals surface area (Å²) in [6.07, 6.45) is -2.54. The van der Waals surface area contributed by atoms with Gasteiger partial charge < -0.3 is 4.74 Å². The quantitative estimate of drug-likeness (QED) is 0.568. The Morgan fingerprint density at radius 3 is 2.27 bits per heavy atom. The third kappa shape index (κ3) is 3.76. The number of isocyanates is 1. The van der Waals surface area contributed by atoms with Crippen molar-refractivity contribution in [1.29, 1.82) is 0 Å². The Morgan fingerprint density at radius 2 is 1.82 bits per heavy atom. The van der Waals surface area contributed by atoms with Crippen LogP contribution < -0.4 is 4.74 Å². The SMILES string of the molecule is O=C=Nc1cc(Cl)c(Oc2ccc(C(F)(F)F)cn2)c(Cl)c1. The van der Waals surface area contributed by atoms with E-state index in [1.54, 1.807) is 0 Å². The molecule has 0 N–H and O–H groups in total. The molecule has 22 heavy (non-hydrogen) atoms. The molecule has 0 radical (unpaired) electrons. The molecule has 1 aromatic carbocycles. The first-order valence-corrected chi connectivity index (χ1v) is 6.35. The molecule has 1 aromatic heterocycles. The molecule has 0 aliphatic rings. The maximum atomic E-state index is 12.4. The smallest absolute Gasteiger partial charge is 0.417 e. The van der Waals surface area contributed by atoms with E-state index < -0.39 is 11.7 Å². The molecule has 9 heteroatoms. The van der Waals surface area contributed by atoms with Crippen molar-refractivity contribution in [3.05, 3.63) is 46.1 Å². The molecule has 0 spiro atoms. The van der Waals surface area contributed by atoms with Gasteiger partial charge in [0.1, 0.15) is 0 Å². The normalized spacial score (nSPS) is 11.0. The van der Waals surface area contributed by atoms with E-state index in [2.05, 4.69) is 9.98 Å². The second-order valence-electron chi connectivity index (χ2n) is 3.93. The standard InChI is InChI=1S/C13H5Cl2F3N2O2/c14-9-3-8(20-6-21)4-10(15)12(9)22-11-2-1-7(5-19-11)13(16,17)18/h1-5H. The van der Waals surface area contributed by atoms with E-state index in [9.17, 15) is 18.0 Å². The minimum atomic E-state index is -4.49. The zero-order valence-electron chi connectivity index (χ0n) is 10.5. The third-order valence-electron chi connectivity index (χ3n) is 2.43. The van der Waals surface area contributed by atoms with Gasteiger partial charge in [-0.25, -0.2) is 9.78 Å². The molecule has 0 aliphatic heterocycles. The van der Waals surface area contributed by atoms with Crippen LogP contribution in [0, 0.1) is 0 Å². The fraction of sp³-hybridized carbons (Fsp3) is 0.0769. The summed E-state index contributed by atoms with van der Waals surface area (Å²) in [6.45, 7) is 0. The molecule has 0 atom stereocenters. The highest BCUT2D eigenvalue weighted by Crippen LogP contribution is 2.39. The van der Waals surface area contributed by atoms with Gasteiger partial charge in [-0.2, -0.15) is 18.2 Å². The van der Waals surface area contributed by atoms with Gasteiger partial charge in [0, 0.05) is 12.3 Å². The number of carbonyl (C=O) groups excluding carboxylic acids is 1. The minimum Gasteiger partial charge on any atom is -0.436 e. The Hall–Kier alpha value is -2.08. The van der Waals surface area contributed by atoms with Crippen molar-refractivity contribution in [2.24, 2.45) is 4.99 Å². The number of aromatic nitrogens is 1. The summed E-state index contributed by atoms with van der Waals surface area (Å²) in [5, 5.41) is 0.0337. The molecule has 0 bridgehead atoms. The van der Waals surface area contributed by atoms with Crippen LogP contribution in [0.25, 0.3) is 0 Å². The van der Waals surface area contributed by atoms with Crippen molar-refractivity contribution in [3.8, 4) is 11.6 Å². The number of alkyl halides is 3. The van der Waals surface area contributed by atoms with Crippen molar-refractivity contribution in [3.63, 3.8) is 0 Å². The zero-order valence-corrected chi connectivity index (χ0v) is 12.0. The summed E-state index contributed by atoms with van der Waals surface area (Å²) >= 11 is 11.8. The molecule has 4 nitrogen and oxygen atoms in total. The molecule has 114 valence electrons. The Balaban J connectivity index is 2.29. The van der Waals surface area contributed by atoms with Crippen LogP contribution in [0.3, 0.4) is 0 Å². The first-order valence-electron chi connectivity index (χ1n) is 5.59. The molecular weight excluding hydrogens is 344 g/mol. The van der Waals surface area contributed by atoms with Crippen molar-refractivity contribution < 1.29 is 22.7 Å². The van der Waals surface area contributed by atoms with E-state index in [1.165, 1.54) is 18.2 Å². The fourth-order valence-corrected chi connectivity index (χ4v) is 2.03. The van der Waals surface area contributed by atoms with Crippen molar-refractivity contribution in [1.82, 2.24) is 4.98 Å². The number of halogens is 5. The maximum Gasteiger partial charge on any atom is 0.417 e. The predicted octanol–water partition coefficient (Wildman–Crippen LogP) is 5.17. The van der Waals surface area contributed by atoms with Crippen LogP contribution in [0.15, 0.2) is 35.5 Å². The topological polar surface area (TPSA) is 51.5 Å². The fourth-order valence-electron chi connectivity index (χ4n) is 1.47. The Kier molecular flexibility index (Phi) is 4.71. The number of ether oxygens (including phenoxy) is 1. The van der Waals surface area contributed by atoms with Crippen LogP contribution in [0.5, 0.6) is 11.6 Å². The molecule has 0 amide bonds. The number of rotatable bonds is 3. The lowest BCUT2D eigenvalue weighted by atomic mass is 10.3. The Labute approximate surface area is 132 Å². The lowest BCUT2D eigenvalue weighted by Crippen LogP contribution is -2.05. The second kappa shape index (κ2) is 6.36. The third-order valence-corrected chi connectivity index (χ3v) is 2.99. The molecule has 0 saturated heterocycles. The summed E-state index contributed by atoms with van der Waals surface area (Å²) in [6, 6.07) is 4.43. The first kappa shape index (κ1) is 16.3. The molecule has 0 fully saturated rings. The lowest BCUT2D eigenvalue weighted by Gasteiger charge is -2.10. The van der Waals surface area contributed by atoms with Gasteiger partial charge in [0.2, 0.25) is 12.0 Å². The number of benzene rings is 1. The maximum absolute atomic E-state index is 12.4. The monoisotopic (exact) mass is 348 g/mol. The Morgan fingerprint density at radius 1 is 1.18 bits per heavy atom. The number of hydrogen-bond donors (Lipinski definition) is 0. The van der Waals surface area contributed by atoms with Crippen LogP contribution in [0.1, 0.15) is 5.56 Å². The van der Waals surface area contributed by atoms with Crippen molar-refractivity contribution in [2.75, 3.05) is 0 Å². The molecule has 0 unspecified atom stereocenters. The molecule has 2 aromatic rings. The average Bonchev–Trinajstić information content (AvgIpc) is 2.43. The number of nitrogens with zero attached hydrogens (tertiary/aromatic N) is 2.